The van der Waals surface area contributed by atoms with Crippen LogP contribution in [0.3, 0.4) is 0 Å². The molecule has 1 saturated carbocycles. The van der Waals surface area contributed by atoms with Crippen LogP contribution in [-0.4, -0.2) is 59.4 Å². The summed E-state index contributed by atoms with van der Waals surface area (Å²) in [7, 11) is 1.51. The summed E-state index contributed by atoms with van der Waals surface area (Å²) in [5.74, 6) is 1.00. The number of anilines is 1. The first kappa shape index (κ1) is 18.4. The molecular weight excluding hydrogens is 464 g/mol. The van der Waals surface area contributed by atoms with Gasteiger partial charge in [-0.25, -0.2) is 14.8 Å². The number of likely N-dealkylation sites (N-methyl/N-ethyl adjacent to an activating group) is 1. The molecule has 11 heteroatoms. The second kappa shape index (κ2) is 6.58. The Bertz CT molecular complexity index is 1390. The minimum Gasteiger partial charge on any atom is -0.305 e. The number of nitrogens with zero attached hydrogens (tertiary/aromatic N) is 8. The minimum atomic E-state index is -0.329. The van der Waals surface area contributed by atoms with Crippen LogP contribution in [0.15, 0.2) is 35.5 Å². The lowest BCUT2D eigenvalue weighted by Gasteiger charge is -2.17. The highest BCUT2D eigenvalue weighted by Gasteiger charge is 2.36. The fourth-order valence-corrected chi connectivity index (χ4v) is 4.28. The number of hydrogen-bond acceptors (Lipinski definition) is 6. The van der Waals surface area contributed by atoms with Crippen LogP contribution >= 0.6 is 15.9 Å². The van der Waals surface area contributed by atoms with E-state index in [1.54, 1.807) is 6.20 Å². The monoisotopic (exact) mass is 480 g/mol. The maximum Gasteiger partial charge on any atom is 0.331 e. The summed E-state index contributed by atoms with van der Waals surface area (Å²) in [6, 6.07) is 1.67. The second-order valence-corrected chi connectivity index (χ2v) is 8.76. The van der Waals surface area contributed by atoms with E-state index in [4.69, 9.17) is 4.98 Å². The lowest BCUT2D eigenvalue weighted by atomic mass is 10.1. The fourth-order valence-electron chi connectivity index (χ4n) is 3.97. The average molecular weight is 481 g/mol. The standard InChI is InChI=1S/C20H17BrN8O2/c1-26-18(30)10-28(20(26)31)14-4-12(11-2-3-11)7-27-8-13(23-19(14)27)5-16-24-25-17-6-22-15(21)9-29(16)17/h4,6-9,11H,2-3,5,10H2,1H3. The van der Waals surface area contributed by atoms with Crippen LogP contribution in [0.25, 0.3) is 11.3 Å². The number of amides is 3. The van der Waals surface area contributed by atoms with Gasteiger partial charge in [-0.2, -0.15) is 0 Å². The van der Waals surface area contributed by atoms with Gasteiger partial charge < -0.3 is 4.40 Å². The summed E-state index contributed by atoms with van der Waals surface area (Å²) in [6.07, 6.45) is 10.2. The van der Waals surface area contributed by atoms with Gasteiger partial charge in [-0.15, -0.1) is 10.2 Å². The molecule has 5 heterocycles. The van der Waals surface area contributed by atoms with E-state index in [1.807, 2.05) is 27.3 Å². The van der Waals surface area contributed by atoms with Crippen LogP contribution in [0.2, 0.25) is 0 Å². The van der Waals surface area contributed by atoms with Gasteiger partial charge in [0.15, 0.2) is 11.3 Å². The molecule has 3 amide bonds. The fraction of sp³-hybridized carbons (Fsp3) is 0.300. The van der Waals surface area contributed by atoms with Crippen molar-refractivity contribution in [2.45, 2.75) is 25.2 Å². The smallest absolute Gasteiger partial charge is 0.305 e. The summed E-state index contributed by atoms with van der Waals surface area (Å²) in [6.45, 7) is 0.0249. The molecule has 0 atom stereocenters. The largest absolute Gasteiger partial charge is 0.331 e. The molecule has 6 rings (SSSR count). The predicted molar refractivity (Wildman–Crippen MR) is 114 cm³/mol. The van der Waals surface area contributed by atoms with Crippen molar-refractivity contribution in [2.24, 2.45) is 0 Å². The molecule has 10 nitrogen and oxygen atoms in total. The van der Waals surface area contributed by atoms with Gasteiger partial charge in [-0.1, -0.05) is 0 Å². The number of imidazole rings is 1. The normalized spacial score (nSPS) is 17.0. The van der Waals surface area contributed by atoms with Gasteiger partial charge in [0.1, 0.15) is 17.0 Å². The van der Waals surface area contributed by atoms with Crippen molar-refractivity contribution in [3.05, 3.63) is 52.5 Å². The van der Waals surface area contributed by atoms with E-state index < -0.39 is 0 Å². The zero-order valence-corrected chi connectivity index (χ0v) is 18.2. The van der Waals surface area contributed by atoms with Crippen LogP contribution in [0.1, 0.15) is 35.8 Å². The summed E-state index contributed by atoms with van der Waals surface area (Å²) in [5.41, 5.74) is 3.92. The van der Waals surface area contributed by atoms with Gasteiger partial charge >= 0.3 is 6.03 Å². The third kappa shape index (κ3) is 2.99. The van der Waals surface area contributed by atoms with Crippen molar-refractivity contribution < 1.29 is 9.59 Å². The van der Waals surface area contributed by atoms with E-state index in [-0.39, 0.29) is 18.5 Å². The van der Waals surface area contributed by atoms with Crippen molar-refractivity contribution >= 4 is 44.8 Å². The molecule has 0 spiro atoms. The van der Waals surface area contributed by atoms with Gasteiger partial charge in [-0.05, 0) is 46.3 Å². The highest BCUT2D eigenvalue weighted by Crippen LogP contribution is 2.42. The number of urea groups is 1. The van der Waals surface area contributed by atoms with Crippen LogP contribution in [-0.2, 0) is 11.2 Å². The van der Waals surface area contributed by atoms with Crippen molar-refractivity contribution in [1.82, 2.24) is 33.9 Å². The Hall–Kier alpha value is -3.34. The SMILES string of the molecule is CN1C(=O)CN(c2cc(C3CC3)cn3cc(Cc4nnc5cnc(Br)cn45)nc23)C1=O. The molecule has 1 aliphatic carbocycles. The Balaban J connectivity index is 1.45. The molecule has 0 aromatic carbocycles. The molecule has 1 saturated heterocycles. The Morgan fingerprint density at radius 1 is 1.16 bits per heavy atom. The molecule has 1 aliphatic heterocycles. The van der Waals surface area contributed by atoms with Crippen LogP contribution in [0.5, 0.6) is 0 Å². The zero-order chi connectivity index (χ0) is 21.3. The maximum atomic E-state index is 12.7. The molecular formula is C20H17BrN8O2. The molecule has 4 aromatic heterocycles. The number of rotatable bonds is 4. The summed E-state index contributed by atoms with van der Waals surface area (Å²) >= 11 is 3.38. The number of imide groups is 1. The third-order valence-electron chi connectivity index (χ3n) is 5.80. The first-order chi connectivity index (χ1) is 15.0. The highest BCUT2D eigenvalue weighted by atomic mass is 79.9. The molecule has 31 heavy (non-hydrogen) atoms. The minimum absolute atomic E-state index is 0.0249. The van der Waals surface area contributed by atoms with Crippen molar-refractivity contribution in [3.63, 3.8) is 0 Å². The zero-order valence-electron chi connectivity index (χ0n) is 16.6. The lowest BCUT2D eigenvalue weighted by molar-refractivity contribution is -0.123. The van der Waals surface area contributed by atoms with Crippen LogP contribution in [0.4, 0.5) is 10.5 Å². The summed E-state index contributed by atoms with van der Waals surface area (Å²) < 4.78 is 4.51. The summed E-state index contributed by atoms with van der Waals surface area (Å²) in [5, 5.41) is 8.44. The van der Waals surface area contributed by atoms with E-state index >= 15 is 0 Å². The van der Waals surface area contributed by atoms with Crippen molar-refractivity contribution in [2.75, 3.05) is 18.5 Å². The molecule has 156 valence electrons. The van der Waals surface area contributed by atoms with Gasteiger partial charge in [-0.3, -0.25) is 19.0 Å². The molecule has 4 aromatic rings. The number of fused-ring (bicyclic) bond motifs is 2. The topological polar surface area (TPSA) is 101 Å². The Kier molecular flexibility index (Phi) is 3.91. The van der Waals surface area contributed by atoms with Gasteiger partial charge in [0.05, 0.1) is 24.0 Å². The van der Waals surface area contributed by atoms with E-state index in [0.29, 0.717) is 33.9 Å². The van der Waals surface area contributed by atoms with Gasteiger partial charge in [0.25, 0.3) is 0 Å². The number of pyridine rings is 1. The second-order valence-electron chi connectivity index (χ2n) is 7.95. The van der Waals surface area contributed by atoms with E-state index in [1.165, 1.54) is 11.9 Å². The van der Waals surface area contributed by atoms with Crippen LogP contribution < -0.4 is 4.90 Å². The average Bonchev–Trinajstić information content (AvgIpc) is 3.35. The molecule has 2 aliphatic rings. The first-order valence-electron chi connectivity index (χ1n) is 9.92. The number of halogens is 1. The highest BCUT2D eigenvalue weighted by molar-refractivity contribution is 9.10. The van der Waals surface area contributed by atoms with Gasteiger partial charge in [0.2, 0.25) is 5.91 Å². The van der Waals surface area contributed by atoms with Crippen molar-refractivity contribution in [1.29, 1.82) is 0 Å². The van der Waals surface area contributed by atoms with Gasteiger partial charge in [0, 0.05) is 25.6 Å². The van der Waals surface area contributed by atoms with E-state index in [9.17, 15) is 9.59 Å². The molecule has 0 radical (unpaired) electrons. The Morgan fingerprint density at radius 2 is 2.00 bits per heavy atom. The van der Waals surface area contributed by atoms with E-state index in [0.717, 1.165) is 34.8 Å². The Morgan fingerprint density at radius 3 is 2.74 bits per heavy atom. The first-order valence-corrected chi connectivity index (χ1v) is 10.7. The number of carbonyl (C=O) groups excluding carboxylic acids is 2. The Labute approximate surface area is 184 Å². The lowest BCUT2D eigenvalue weighted by Crippen LogP contribution is -2.30. The molecule has 0 unspecified atom stereocenters. The molecule has 2 fully saturated rings. The quantitative estimate of drug-likeness (QED) is 0.415. The van der Waals surface area contributed by atoms with E-state index in [2.05, 4.69) is 37.3 Å². The number of hydrogen-bond donors (Lipinski definition) is 0. The van der Waals surface area contributed by atoms with Crippen molar-refractivity contribution in [3.8, 4) is 0 Å². The molecule has 0 N–H and O–H groups in total. The summed E-state index contributed by atoms with van der Waals surface area (Å²) in [4.78, 5) is 36.4. The third-order valence-corrected chi connectivity index (χ3v) is 6.21. The van der Waals surface area contributed by atoms with Crippen LogP contribution in [0, 0.1) is 0 Å². The number of carbonyl (C=O) groups is 2. The molecule has 0 bridgehead atoms. The maximum absolute atomic E-state index is 12.7. The predicted octanol–water partition coefficient (Wildman–Crippen LogP) is 2.40. The number of aromatic nitrogens is 6.